The molecule has 0 saturated heterocycles. The number of pyridine rings is 1. The van der Waals surface area contributed by atoms with E-state index in [-0.39, 0.29) is 17.4 Å². The molecule has 226 valence electrons. The predicted molar refractivity (Wildman–Crippen MR) is 187 cm³/mol. The lowest BCUT2D eigenvalue weighted by Crippen LogP contribution is -2.40. The third-order valence-corrected chi connectivity index (χ3v) is 10.3. The Labute approximate surface area is 264 Å². The molecule has 46 heavy (non-hydrogen) atoms. The van der Waals surface area contributed by atoms with Gasteiger partial charge in [0.25, 0.3) is 17.4 Å². The van der Waals surface area contributed by atoms with Crippen molar-refractivity contribution in [3.8, 4) is 0 Å². The van der Waals surface area contributed by atoms with E-state index in [0.717, 1.165) is 78.8 Å². The molecular formula is C40H33N3O3. The summed E-state index contributed by atoms with van der Waals surface area (Å²) in [6, 6.07) is 23.7. The number of imide groups is 1. The van der Waals surface area contributed by atoms with Crippen LogP contribution in [0.15, 0.2) is 77.6 Å². The van der Waals surface area contributed by atoms with Gasteiger partial charge in [0.05, 0.1) is 11.0 Å². The van der Waals surface area contributed by atoms with Crippen LogP contribution in [0, 0.1) is 0 Å². The maximum Gasteiger partial charge on any atom is 0.264 e. The number of carbonyl (C=O) groups excluding carboxylic acids is 2. The Morgan fingerprint density at radius 2 is 1.07 bits per heavy atom. The molecular weight excluding hydrogens is 570 g/mol. The highest BCUT2D eigenvalue weighted by molar-refractivity contribution is 6.41. The zero-order valence-corrected chi connectivity index (χ0v) is 25.9. The van der Waals surface area contributed by atoms with Gasteiger partial charge < -0.3 is 0 Å². The molecule has 0 fully saturated rings. The summed E-state index contributed by atoms with van der Waals surface area (Å²) in [6.45, 7) is 2.67. The molecule has 9 rings (SSSR count). The molecule has 0 spiro atoms. The minimum atomic E-state index is -0.204. The van der Waals surface area contributed by atoms with Gasteiger partial charge in [-0.3, -0.25) is 23.7 Å². The molecule has 0 atom stereocenters. The minimum Gasteiger partial charge on any atom is -0.274 e. The van der Waals surface area contributed by atoms with Crippen molar-refractivity contribution in [2.45, 2.75) is 58.3 Å². The highest BCUT2D eigenvalue weighted by atomic mass is 16.2. The van der Waals surface area contributed by atoms with E-state index in [9.17, 15) is 14.4 Å². The molecule has 2 amide bonds. The number of imidazole rings is 1. The molecule has 0 saturated carbocycles. The molecule has 2 aromatic heterocycles. The monoisotopic (exact) mass is 603 g/mol. The number of unbranched alkanes of at least 4 members (excludes halogenated alkanes) is 7. The van der Waals surface area contributed by atoms with E-state index in [4.69, 9.17) is 4.98 Å². The van der Waals surface area contributed by atoms with Crippen molar-refractivity contribution >= 4 is 82.4 Å². The first-order chi connectivity index (χ1) is 22.6. The first kappa shape index (κ1) is 27.2. The van der Waals surface area contributed by atoms with Crippen LogP contribution in [0.25, 0.3) is 70.5 Å². The number of fused-ring (bicyclic) bond motifs is 6. The molecule has 0 N–H and O–H groups in total. The number of para-hydroxylation sites is 2. The summed E-state index contributed by atoms with van der Waals surface area (Å²) in [5, 5.41) is 9.17. The maximum absolute atomic E-state index is 14.0. The van der Waals surface area contributed by atoms with Gasteiger partial charge in [-0.05, 0) is 75.1 Å². The second kappa shape index (κ2) is 10.2. The van der Waals surface area contributed by atoms with Crippen LogP contribution in [0.2, 0.25) is 0 Å². The summed E-state index contributed by atoms with van der Waals surface area (Å²) < 4.78 is 1.73. The average molecular weight is 604 g/mol. The largest absolute Gasteiger partial charge is 0.274 e. The summed E-state index contributed by atoms with van der Waals surface area (Å²) in [5.74, 6) is -0.408. The van der Waals surface area contributed by atoms with Gasteiger partial charge in [0.15, 0.2) is 0 Å². The number of aromatic nitrogens is 2. The van der Waals surface area contributed by atoms with Crippen molar-refractivity contribution < 1.29 is 9.59 Å². The summed E-state index contributed by atoms with van der Waals surface area (Å²) in [5.41, 5.74) is 3.35. The van der Waals surface area contributed by atoms with Gasteiger partial charge in [0.2, 0.25) is 0 Å². The van der Waals surface area contributed by atoms with Crippen molar-refractivity contribution in [3.63, 3.8) is 0 Å². The topological polar surface area (TPSA) is 71.8 Å². The molecule has 0 bridgehead atoms. The highest BCUT2D eigenvalue weighted by Crippen LogP contribution is 2.46. The average Bonchev–Trinajstić information content (AvgIpc) is 3.48. The first-order valence-electron chi connectivity index (χ1n) is 16.7. The molecule has 0 aliphatic carbocycles. The Morgan fingerprint density at radius 1 is 0.543 bits per heavy atom. The quantitative estimate of drug-likeness (QED) is 0.0714. The van der Waals surface area contributed by atoms with Gasteiger partial charge in [-0.15, -0.1) is 0 Å². The smallest absolute Gasteiger partial charge is 0.264 e. The van der Waals surface area contributed by atoms with Crippen molar-refractivity contribution in [2.24, 2.45) is 0 Å². The molecule has 8 aromatic rings. The van der Waals surface area contributed by atoms with Crippen LogP contribution in [0.1, 0.15) is 79.0 Å². The zero-order valence-electron chi connectivity index (χ0n) is 25.9. The molecule has 6 heteroatoms. The van der Waals surface area contributed by atoms with Crippen LogP contribution in [-0.2, 0) is 0 Å². The number of nitrogens with zero attached hydrogens (tertiary/aromatic N) is 3. The zero-order chi connectivity index (χ0) is 31.1. The Bertz CT molecular complexity index is 2530. The van der Waals surface area contributed by atoms with Crippen LogP contribution in [0.5, 0.6) is 0 Å². The molecule has 6 nitrogen and oxygen atoms in total. The minimum absolute atomic E-state index is 0.0799. The number of hydrogen-bond acceptors (Lipinski definition) is 4. The van der Waals surface area contributed by atoms with E-state index in [0.29, 0.717) is 28.7 Å². The fraction of sp³-hybridized carbons (Fsp3) is 0.250. The summed E-state index contributed by atoms with van der Waals surface area (Å²) in [6.07, 6.45) is 9.26. The van der Waals surface area contributed by atoms with Crippen molar-refractivity contribution in [1.82, 2.24) is 14.3 Å². The number of carbonyl (C=O) groups is 2. The second-order valence-electron chi connectivity index (χ2n) is 12.9. The number of hydrogen-bond donors (Lipinski definition) is 0. The first-order valence-corrected chi connectivity index (χ1v) is 16.7. The molecule has 6 aromatic carbocycles. The predicted octanol–water partition coefficient (Wildman–Crippen LogP) is 9.23. The van der Waals surface area contributed by atoms with Crippen LogP contribution < -0.4 is 5.56 Å². The van der Waals surface area contributed by atoms with Gasteiger partial charge in [-0.25, -0.2) is 4.98 Å². The van der Waals surface area contributed by atoms with Crippen LogP contribution in [0.4, 0.5) is 0 Å². The van der Waals surface area contributed by atoms with Crippen molar-refractivity contribution in [2.75, 3.05) is 6.54 Å². The van der Waals surface area contributed by atoms with E-state index in [1.165, 1.54) is 37.0 Å². The Balaban J connectivity index is 1.19. The number of amides is 2. The summed E-state index contributed by atoms with van der Waals surface area (Å²) in [4.78, 5) is 48.0. The van der Waals surface area contributed by atoms with Crippen molar-refractivity contribution in [1.29, 1.82) is 0 Å². The lowest BCUT2D eigenvalue weighted by atomic mass is 9.84. The Hall–Kier alpha value is -5.10. The lowest BCUT2D eigenvalue weighted by molar-refractivity contribution is 0.0608. The Morgan fingerprint density at radius 3 is 1.74 bits per heavy atom. The third-order valence-electron chi connectivity index (χ3n) is 10.3. The summed E-state index contributed by atoms with van der Waals surface area (Å²) >= 11 is 0. The van der Waals surface area contributed by atoms with Gasteiger partial charge >= 0.3 is 0 Å². The van der Waals surface area contributed by atoms with E-state index in [1.807, 2.05) is 60.7 Å². The normalized spacial score (nSPS) is 13.8. The maximum atomic E-state index is 14.0. The van der Waals surface area contributed by atoms with E-state index < -0.39 is 0 Å². The standard InChI is InChI=1S/C40H33N3O3/c1-2-3-4-5-6-7-8-11-22-42-38(44)28-19-15-25-23-14-18-27-35-30(40(46)43-32-13-10-9-12-31(32)41-37(27)43)21-17-24(33(23)35)26-16-20-29(39(42)45)36(28)34(25)26/h9-10,12-21H,2-8,11,22H2,1H3. The molecule has 0 radical (unpaired) electrons. The molecule has 1 aliphatic heterocycles. The van der Waals surface area contributed by atoms with Gasteiger partial charge in [0, 0.05) is 39.2 Å². The lowest BCUT2D eigenvalue weighted by Gasteiger charge is -2.28. The van der Waals surface area contributed by atoms with E-state index >= 15 is 0 Å². The second-order valence-corrected chi connectivity index (χ2v) is 12.9. The fourth-order valence-electron chi connectivity index (χ4n) is 8.13. The van der Waals surface area contributed by atoms with Gasteiger partial charge in [0.1, 0.15) is 5.65 Å². The van der Waals surface area contributed by atoms with Gasteiger partial charge in [-0.1, -0.05) is 88.3 Å². The van der Waals surface area contributed by atoms with Crippen LogP contribution >= 0.6 is 0 Å². The van der Waals surface area contributed by atoms with E-state index in [1.54, 1.807) is 4.40 Å². The van der Waals surface area contributed by atoms with Crippen LogP contribution in [-0.4, -0.2) is 32.6 Å². The number of rotatable bonds is 9. The van der Waals surface area contributed by atoms with Crippen LogP contribution in [0.3, 0.4) is 0 Å². The Kier molecular flexibility index (Phi) is 6.04. The SMILES string of the molecule is CCCCCCCCCCN1C(=O)c2ccc3c4ccc5c(=O)n6c7ccccc7nc6c6ccc(c7ccc(c2c37)C1=O)c4c56. The number of benzene rings is 6. The van der Waals surface area contributed by atoms with E-state index in [2.05, 4.69) is 19.1 Å². The van der Waals surface area contributed by atoms with Gasteiger partial charge in [-0.2, -0.15) is 0 Å². The molecule has 1 aliphatic rings. The highest BCUT2D eigenvalue weighted by Gasteiger charge is 2.34. The third kappa shape index (κ3) is 3.64. The summed E-state index contributed by atoms with van der Waals surface area (Å²) in [7, 11) is 0. The fourth-order valence-corrected chi connectivity index (χ4v) is 8.13. The molecule has 3 heterocycles. The molecule has 0 unspecified atom stereocenters. The van der Waals surface area contributed by atoms with Crippen molar-refractivity contribution in [3.05, 3.63) is 94.3 Å².